The fourth-order valence-corrected chi connectivity index (χ4v) is 23.0. The van der Waals surface area contributed by atoms with Crippen LogP contribution in [-0.2, 0) is 0 Å². The van der Waals surface area contributed by atoms with Gasteiger partial charge in [0.15, 0.2) is 5.69 Å². The van der Waals surface area contributed by atoms with E-state index in [0.29, 0.717) is 11.3 Å². The summed E-state index contributed by atoms with van der Waals surface area (Å²) in [5.41, 5.74) is 47.7. The number of rotatable bonds is 20. The molecule has 24 aromatic carbocycles. The minimum absolute atomic E-state index is 0.591. The third-order valence-electron chi connectivity index (χ3n) is 30.4. The van der Waals surface area contributed by atoms with Crippen LogP contribution in [0.25, 0.3) is 158 Å². The Morgan fingerprint density at radius 1 is 0.189 bits per heavy atom. The van der Waals surface area contributed by atoms with E-state index in [2.05, 4.69) is 538 Å². The Labute approximate surface area is 868 Å². The smallest absolute Gasteiger partial charge is 0.187 e. The molecule has 0 aromatic heterocycles. The summed E-state index contributed by atoms with van der Waals surface area (Å²) >= 11 is 0. The molecule has 0 unspecified atom stereocenters. The zero-order valence-electron chi connectivity index (χ0n) is 85.4. The van der Waals surface area contributed by atoms with Crippen LogP contribution in [-0.4, -0.2) is 0 Å². The topological polar surface area (TPSA) is 41.1 Å². The van der Waals surface area contributed by atoms with Gasteiger partial charge in [-0.2, -0.15) is 5.26 Å². The molecule has 0 atom stereocenters. The minimum atomic E-state index is 0.591. The molecule has 24 rings (SSSR count). The van der Waals surface area contributed by atoms with E-state index < -0.39 is 0 Å². The second-order valence-electron chi connectivity index (χ2n) is 39.9. The summed E-state index contributed by atoms with van der Waals surface area (Å²) in [7, 11) is 0. The second-order valence-corrected chi connectivity index (χ2v) is 39.9. The highest BCUT2D eigenvalue weighted by Crippen LogP contribution is 2.55. The van der Waals surface area contributed by atoms with Gasteiger partial charge in [-0.15, -0.1) is 0 Å². The monoisotopic (exact) mass is 1900 g/mol. The van der Waals surface area contributed by atoms with Crippen molar-refractivity contribution in [3.8, 4) is 95.1 Å². The van der Waals surface area contributed by atoms with Crippen molar-refractivity contribution >= 4 is 139 Å². The molecule has 6 nitrogen and oxygen atoms in total. The predicted octanol–water partition coefficient (Wildman–Crippen LogP) is 40.5. The van der Waals surface area contributed by atoms with E-state index in [1.807, 2.05) is 24.3 Å². The van der Waals surface area contributed by atoms with E-state index in [1.54, 1.807) is 0 Å². The van der Waals surface area contributed by atoms with Crippen molar-refractivity contribution in [3.05, 3.63) is 533 Å². The van der Waals surface area contributed by atoms with E-state index in [9.17, 15) is 5.26 Å². The molecule has 24 aromatic rings. The molecule has 708 valence electrons. The Morgan fingerprint density at radius 2 is 0.385 bits per heavy atom. The molecule has 0 radical (unpaired) electrons. The molecule has 0 fully saturated rings. The highest BCUT2D eigenvalue weighted by Gasteiger charge is 2.31. The van der Waals surface area contributed by atoms with Gasteiger partial charge in [0.1, 0.15) is 0 Å². The predicted molar refractivity (Wildman–Crippen MR) is 630 cm³/mol. The van der Waals surface area contributed by atoms with E-state index in [0.717, 1.165) is 101 Å². The molecule has 0 aliphatic carbocycles. The largest absolute Gasteiger partial charge is 0.310 e. The van der Waals surface area contributed by atoms with Gasteiger partial charge in [-0.3, -0.25) is 0 Å². The highest BCUT2D eigenvalue weighted by molar-refractivity contribution is 6.30. The van der Waals surface area contributed by atoms with E-state index in [1.165, 1.54) is 188 Å². The molecule has 0 N–H and O–H groups in total. The molecular weight excluding hydrogens is 1790 g/mol. The number of hydrogen-bond donors (Lipinski definition) is 0. The summed E-state index contributed by atoms with van der Waals surface area (Å²) < 4.78 is 0. The van der Waals surface area contributed by atoms with Crippen LogP contribution in [0.15, 0.2) is 449 Å². The van der Waals surface area contributed by atoms with Crippen molar-refractivity contribution in [1.82, 2.24) is 0 Å². The third-order valence-corrected chi connectivity index (χ3v) is 30.4. The van der Waals surface area contributed by atoms with Gasteiger partial charge in [0.25, 0.3) is 0 Å². The third kappa shape index (κ3) is 17.1. The van der Waals surface area contributed by atoms with Crippen molar-refractivity contribution in [3.63, 3.8) is 0 Å². The van der Waals surface area contributed by atoms with Crippen LogP contribution in [0.1, 0.15) is 72.3 Å². The average Bonchev–Trinajstić information content (AvgIpc) is 0.716. The number of aryl methyl sites for hydroxylation is 12. The van der Waals surface area contributed by atoms with Crippen molar-refractivity contribution < 1.29 is 0 Å². The first kappa shape index (κ1) is 93.2. The summed E-state index contributed by atoms with van der Waals surface area (Å²) in [4.78, 5) is 13.6. The molecule has 148 heavy (non-hydrogen) atoms. The summed E-state index contributed by atoms with van der Waals surface area (Å²) in [6, 6.07) is 166. The SMILES string of the molecule is Cc1ccccc1-c1cc(-c2ccccc2C)cc(N(c2c(C)cccc2C)c2ccc3ccc4c(N(c5cc(-c6ccccc6C)cc(-c6ccccc6C)c5)c5c(C)cccc5C)ccc5ccc2c3c54)c1.[C-]#[N+]c1ccc(N(c2cc(-c3ccccc3C)cc(-c3ccccc3C)c2)c2ccc3ccc4c(N(c5ccc(C#N)cc5)c5cc(-c6ccccc6C)cc(-c6ccccc6C)c5)ccc5ccc2c3c54)cc1. The Balaban J connectivity index is 0.000000163. The van der Waals surface area contributed by atoms with Gasteiger partial charge < -0.3 is 19.6 Å². The number of hydrogen-bond acceptors (Lipinski definition) is 5. The maximum atomic E-state index is 9.98. The molecule has 0 aliphatic rings. The van der Waals surface area contributed by atoms with Crippen molar-refractivity contribution in [1.29, 1.82) is 5.26 Å². The Bertz CT molecular complexity index is 8590. The van der Waals surface area contributed by atoms with Gasteiger partial charge in [0, 0.05) is 55.7 Å². The van der Waals surface area contributed by atoms with E-state index in [4.69, 9.17) is 6.57 Å². The van der Waals surface area contributed by atoms with Gasteiger partial charge in [0.2, 0.25) is 0 Å². The fourth-order valence-electron chi connectivity index (χ4n) is 23.0. The first-order chi connectivity index (χ1) is 72.3. The summed E-state index contributed by atoms with van der Waals surface area (Å²) in [5.74, 6) is 0. The molecule has 0 heterocycles. The standard InChI is InChI=1S/C72H60N2.C70H50N4/c1-45-19-9-13-27-61(45)55-39-56(62-28-14-10-20-46(62)2)42-59(41-55)73(71-49(5)23-17-24-50(71)6)67-37-33-53-32-36-66-68(38-34-54-31-35-65(67)69(53)70(54)66)74(72-51(7)25-18-26-52(72)8)60-43-57(63-29-15-11-21-47(63)3)40-58(44-60)64-30-16-12-22-48(64)4;1-45-14-6-10-18-61(45)52-38-53(62-19-11-7-15-46(62)2)41-59(40-52)73(57-30-22-49(44-71)23-31-57)67-36-26-50-25-35-66-68(37-27-51-24-34-65(67)69(50)70(51)66)74(58-32-28-56(72-5)29-33-58)60-42-54(63-20-12-8-16-47(63)3)39-55(43-60)64-21-13-9-17-48(64)4/h9-44H,1-8H3;6-43H,1-4H3. The molecule has 0 saturated carbocycles. The summed E-state index contributed by atoms with van der Waals surface area (Å²) in [6.07, 6.45) is 0. The first-order valence-electron chi connectivity index (χ1n) is 51.1. The molecular formula is C142H110N6. The molecule has 0 spiro atoms. The first-order valence-corrected chi connectivity index (χ1v) is 51.1. The van der Waals surface area contributed by atoms with E-state index in [-0.39, 0.29) is 0 Å². The lowest BCUT2D eigenvalue weighted by molar-refractivity contribution is 1.23. The Kier molecular flexibility index (Phi) is 24.6. The summed E-state index contributed by atoms with van der Waals surface area (Å²) in [5, 5.41) is 24.2. The number of nitriles is 1. The van der Waals surface area contributed by atoms with Crippen molar-refractivity contribution in [2.45, 2.75) is 83.1 Å². The van der Waals surface area contributed by atoms with Gasteiger partial charge in [0.05, 0.1) is 52.3 Å². The number of nitrogens with zero attached hydrogens (tertiary/aromatic N) is 6. The molecule has 0 aliphatic heterocycles. The maximum absolute atomic E-state index is 9.98. The van der Waals surface area contributed by atoms with Gasteiger partial charge >= 0.3 is 0 Å². The molecule has 0 bridgehead atoms. The maximum Gasteiger partial charge on any atom is 0.187 e. The van der Waals surface area contributed by atoms with Gasteiger partial charge in [-0.1, -0.05) is 315 Å². The van der Waals surface area contributed by atoms with Crippen LogP contribution in [0.2, 0.25) is 0 Å². The lowest BCUT2D eigenvalue weighted by atomic mass is 9.90. The van der Waals surface area contributed by atoms with Crippen LogP contribution in [0.5, 0.6) is 0 Å². The minimum Gasteiger partial charge on any atom is -0.310 e. The van der Waals surface area contributed by atoms with Crippen LogP contribution < -0.4 is 19.6 Å². The van der Waals surface area contributed by atoms with Crippen LogP contribution >= 0.6 is 0 Å². The van der Waals surface area contributed by atoms with Crippen molar-refractivity contribution in [2.24, 2.45) is 0 Å². The van der Waals surface area contributed by atoms with Crippen LogP contribution in [0.3, 0.4) is 0 Å². The lowest BCUT2D eigenvalue weighted by Crippen LogP contribution is -2.14. The Hall–Kier alpha value is -18.5. The number of anilines is 12. The highest BCUT2D eigenvalue weighted by atomic mass is 15.2. The average molecular weight is 1900 g/mol. The molecule has 6 heteroatoms. The summed E-state index contributed by atoms with van der Waals surface area (Å²) in [6.45, 7) is 34.5. The van der Waals surface area contributed by atoms with Crippen LogP contribution in [0, 0.1) is 101 Å². The zero-order valence-corrected chi connectivity index (χ0v) is 85.4. The number of para-hydroxylation sites is 2. The van der Waals surface area contributed by atoms with Gasteiger partial charge in [-0.25, -0.2) is 4.85 Å². The quantitative estimate of drug-likeness (QED) is 0.0562. The molecule has 0 saturated heterocycles. The fraction of sp³-hybridized carbons (Fsp3) is 0.0845. The van der Waals surface area contributed by atoms with Gasteiger partial charge in [-0.05, 0) is 415 Å². The van der Waals surface area contributed by atoms with E-state index >= 15 is 0 Å². The van der Waals surface area contributed by atoms with Crippen molar-refractivity contribution in [2.75, 3.05) is 19.6 Å². The number of benzene rings is 24. The second kappa shape index (κ2) is 39.0. The normalized spacial score (nSPS) is 11.4. The Morgan fingerprint density at radius 3 is 0.601 bits per heavy atom. The molecule has 0 amide bonds. The zero-order chi connectivity index (χ0) is 101. The van der Waals surface area contributed by atoms with Crippen LogP contribution in [0.4, 0.5) is 73.9 Å². The lowest BCUT2D eigenvalue weighted by Gasteiger charge is -2.32.